The topological polar surface area (TPSA) is 92.2 Å². The summed E-state index contributed by atoms with van der Waals surface area (Å²) in [4.78, 5) is 0. The average Bonchev–Trinajstić information content (AvgIpc) is 1.76. The summed E-state index contributed by atoms with van der Waals surface area (Å²) in [6, 6.07) is 0. The summed E-state index contributed by atoms with van der Waals surface area (Å²) < 4.78 is 0. The zero-order valence-electron chi connectivity index (χ0n) is 13.5. The van der Waals surface area contributed by atoms with E-state index in [0.717, 1.165) is 0 Å². The van der Waals surface area contributed by atoms with Gasteiger partial charge in [0.25, 0.3) is 0 Å². The Morgan fingerprint density at radius 2 is 0.444 bits per heavy atom. The molecule has 0 amide bonds. The quantitative estimate of drug-likeness (QED) is 0.423. The van der Waals surface area contributed by atoms with E-state index in [2.05, 4.69) is 0 Å². The first-order valence-electron chi connectivity index (χ1n) is 5.56. The van der Waals surface area contributed by atoms with Crippen LogP contribution in [0, 0.1) is 0 Å². The van der Waals surface area contributed by atoms with Crippen LogP contribution >= 0.6 is 0 Å². The fourth-order valence-electron chi connectivity index (χ4n) is 0. The van der Waals surface area contributed by atoms with E-state index in [1.807, 2.05) is 0 Å². The molecule has 4 nitrogen and oxygen atoms in total. The van der Waals surface area contributed by atoms with Crippen LogP contribution in [-0.2, 0) is 0 Å². The van der Waals surface area contributed by atoms with Crippen LogP contribution in [0.5, 0.6) is 0 Å². The third-order valence-electron chi connectivity index (χ3n) is 0. The van der Waals surface area contributed by atoms with Crippen LogP contribution in [0.4, 0.5) is 0 Å². The van der Waals surface area contributed by atoms with E-state index in [-0.39, 0.29) is 68.7 Å². The Labute approximate surface area is 167 Å². The second kappa shape index (κ2) is 31.4. The SMILES string of the molecule is CC(C)[O-].CC(C)[O-].CC(C)[O-].CC(C)[O-].[Al+3].[K+]. The summed E-state index contributed by atoms with van der Waals surface area (Å²) in [6.07, 6.45) is -1.67. The van der Waals surface area contributed by atoms with Gasteiger partial charge in [-0.3, -0.25) is 0 Å². The van der Waals surface area contributed by atoms with E-state index in [0.29, 0.717) is 0 Å². The van der Waals surface area contributed by atoms with Gasteiger partial charge in [0, 0.05) is 0 Å². The molecule has 0 aliphatic carbocycles. The molecule has 6 heteroatoms. The molecular formula is C12H28AlKO4. The maximum absolute atomic E-state index is 9.53. The van der Waals surface area contributed by atoms with Crippen molar-refractivity contribution in [1.82, 2.24) is 0 Å². The van der Waals surface area contributed by atoms with Crippen LogP contribution in [-0.4, -0.2) is 41.8 Å². The summed E-state index contributed by atoms with van der Waals surface area (Å²) in [5.41, 5.74) is 0. The molecule has 0 spiro atoms. The molecule has 0 aromatic heterocycles. The van der Waals surface area contributed by atoms with Crippen LogP contribution in [0.15, 0.2) is 0 Å². The summed E-state index contributed by atoms with van der Waals surface area (Å²) in [6.45, 7) is 12.9. The third-order valence-corrected chi connectivity index (χ3v) is 0. The van der Waals surface area contributed by atoms with Crippen molar-refractivity contribution < 1.29 is 71.8 Å². The molecule has 0 heterocycles. The van der Waals surface area contributed by atoms with Gasteiger partial charge in [-0.1, -0.05) is 55.4 Å². The minimum absolute atomic E-state index is 0. The van der Waals surface area contributed by atoms with Gasteiger partial charge < -0.3 is 20.4 Å². The van der Waals surface area contributed by atoms with E-state index >= 15 is 0 Å². The molecule has 0 aromatic carbocycles. The van der Waals surface area contributed by atoms with Gasteiger partial charge in [-0.05, 0) is 0 Å². The maximum Gasteiger partial charge on any atom is 3.00 e. The Morgan fingerprint density at radius 3 is 0.444 bits per heavy atom. The average molecular weight is 302 g/mol. The predicted octanol–water partition coefficient (Wildman–Crippen LogP) is -4.36. The van der Waals surface area contributed by atoms with E-state index < -0.39 is 24.4 Å². The van der Waals surface area contributed by atoms with Crippen molar-refractivity contribution in [3.05, 3.63) is 0 Å². The largest absolute Gasteiger partial charge is 3.00 e. The summed E-state index contributed by atoms with van der Waals surface area (Å²) >= 11 is 0. The number of rotatable bonds is 0. The van der Waals surface area contributed by atoms with Crippen molar-refractivity contribution >= 4 is 17.4 Å². The third kappa shape index (κ3) is 1290. The summed E-state index contributed by atoms with van der Waals surface area (Å²) in [5.74, 6) is 0. The van der Waals surface area contributed by atoms with Gasteiger partial charge in [-0.15, -0.1) is 24.4 Å². The van der Waals surface area contributed by atoms with Gasteiger partial charge >= 0.3 is 68.7 Å². The van der Waals surface area contributed by atoms with E-state index in [9.17, 15) is 20.4 Å². The fraction of sp³-hybridized carbons (Fsp3) is 1.00. The normalized spacial score (nSPS) is 8.00. The molecular weight excluding hydrogens is 274 g/mol. The van der Waals surface area contributed by atoms with Crippen molar-refractivity contribution in [2.45, 2.75) is 79.8 Å². The molecule has 0 fully saturated rings. The van der Waals surface area contributed by atoms with E-state index in [1.54, 1.807) is 55.4 Å². The zero-order valence-corrected chi connectivity index (χ0v) is 17.8. The molecule has 0 bridgehead atoms. The Balaban J connectivity index is -0.0000000257. The molecule has 0 rings (SSSR count). The number of hydrogen-bond acceptors (Lipinski definition) is 4. The van der Waals surface area contributed by atoms with Crippen molar-refractivity contribution in [2.24, 2.45) is 0 Å². The summed E-state index contributed by atoms with van der Waals surface area (Å²) in [7, 11) is 0. The van der Waals surface area contributed by atoms with Gasteiger partial charge in [0.05, 0.1) is 0 Å². The first-order chi connectivity index (χ1) is 6.93. The minimum Gasteiger partial charge on any atom is -0.852 e. The molecule has 0 atom stereocenters. The Morgan fingerprint density at radius 1 is 0.444 bits per heavy atom. The van der Waals surface area contributed by atoms with Crippen LogP contribution in [0.1, 0.15) is 55.4 Å². The van der Waals surface area contributed by atoms with Crippen molar-refractivity contribution in [3.8, 4) is 0 Å². The van der Waals surface area contributed by atoms with E-state index in [1.165, 1.54) is 0 Å². The molecule has 0 aliphatic rings. The minimum atomic E-state index is -0.417. The standard InChI is InChI=1S/4C3H7O.Al.K/c4*1-3(2)4;;/h4*3H,1-2H3;;/q4*-1;+3;+1. The number of hydrogen-bond donors (Lipinski definition) is 0. The first-order valence-corrected chi connectivity index (χ1v) is 5.56. The molecule has 104 valence electrons. The predicted molar refractivity (Wildman–Crippen MR) is 66.3 cm³/mol. The van der Waals surface area contributed by atoms with Crippen molar-refractivity contribution in [1.29, 1.82) is 0 Å². The van der Waals surface area contributed by atoms with Crippen LogP contribution in [0.25, 0.3) is 0 Å². The second-order valence-electron chi connectivity index (χ2n) is 4.20. The molecule has 0 saturated heterocycles. The van der Waals surface area contributed by atoms with Gasteiger partial charge in [0.15, 0.2) is 0 Å². The smallest absolute Gasteiger partial charge is 0.852 e. The summed E-state index contributed by atoms with van der Waals surface area (Å²) in [5, 5.41) is 38.1. The van der Waals surface area contributed by atoms with Crippen molar-refractivity contribution in [3.63, 3.8) is 0 Å². The second-order valence-corrected chi connectivity index (χ2v) is 4.20. The van der Waals surface area contributed by atoms with E-state index in [4.69, 9.17) is 0 Å². The molecule has 0 radical (unpaired) electrons. The monoisotopic (exact) mass is 302 g/mol. The Bertz CT molecular complexity index is 67.1. The van der Waals surface area contributed by atoms with Gasteiger partial charge in [0.1, 0.15) is 0 Å². The maximum atomic E-state index is 9.53. The molecule has 0 unspecified atom stereocenters. The Hall–Kier alpha value is 2.01. The zero-order chi connectivity index (χ0) is 14.3. The molecule has 0 N–H and O–H groups in total. The fourth-order valence-corrected chi connectivity index (χ4v) is 0. The van der Waals surface area contributed by atoms with Crippen LogP contribution < -0.4 is 71.8 Å². The van der Waals surface area contributed by atoms with Gasteiger partial charge in [0.2, 0.25) is 0 Å². The van der Waals surface area contributed by atoms with Crippen LogP contribution in [0.2, 0.25) is 0 Å². The van der Waals surface area contributed by atoms with Crippen LogP contribution in [0.3, 0.4) is 0 Å². The molecule has 0 aliphatic heterocycles. The molecule has 18 heavy (non-hydrogen) atoms. The van der Waals surface area contributed by atoms with Crippen molar-refractivity contribution in [2.75, 3.05) is 0 Å². The Kier molecular flexibility index (Phi) is 64.3. The molecule has 0 aromatic rings. The van der Waals surface area contributed by atoms with Gasteiger partial charge in [-0.2, -0.15) is 0 Å². The molecule has 0 saturated carbocycles. The van der Waals surface area contributed by atoms with Gasteiger partial charge in [-0.25, -0.2) is 0 Å². The first kappa shape index (κ1) is 36.8.